The highest BCUT2D eigenvalue weighted by Crippen LogP contribution is 2.38. The topological polar surface area (TPSA) is 152 Å². The molecule has 1 aromatic heterocycles. The summed E-state index contributed by atoms with van der Waals surface area (Å²) < 4.78 is 45.3. The SMILES string of the molecule is COc1cc(S(N)(=O)=O)ccc1Nc1nccc(OC2CCN(OC(=O)OC(C)C)CC2)c1OC. The van der Waals surface area contributed by atoms with Crippen LogP contribution in [0.25, 0.3) is 0 Å². The van der Waals surface area contributed by atoms with Gasteiger partial charge in [-0.15, -0.1) is 5.06 Å². The summed E-state index contributed by atoms with van der Waals surface area (Å²) in [6.07, 6.45) is 1.68. The van der Waals surface area contributed by atoms with Crippen LogP contribution in [0.1, 0.15) is 26.7 Å². The highest BCUT2D eigenvalue weighted by molar-refractivity contribution is 7.89. The lowest BCUT2D eigenvalue weighted by Gasteiger charge is -2.30. The number of sulfonamides is 1. The number of nitrogens with one attached hydrogen (secondary N) is 1. The molecule has 0 atom stereocenters. The van der Waals surface area contributed by atoms with Crippen LogP contribution in [-0.4, -0.2) is 64.1 Å². The number of nitrogens with two attached hydrogens (primary N) is 1. The maximum atomic E-state index is 11.7. The standard InChI is InChI=1S/C22H30N4O8S/c1-14(2)32-22(27)34-26-11-8-15(9-12-26)33-18-7-10-24-21(20(18)31-4)25-17-6-5-16(35(23,28)29)13-19(17)30-3/h5-7,10,13-15H,8-9,11-12H2,1-4H3,(H,24,25)(H2,23,28,29). The van der Waals surface area contributed by atoms with Gasteiger partial charge in [0, 0.05) is 44.3 Å². The lowest BCUT2D eigenvalue weighted by molar-refractivity contribution is -0.151. The Balaban J connectivity index is 1.69. The fourth-order valence-corrected chi connectivity index (χ4v) is 3.96. The van der Waals surface area contributed by atoms with Gasteiger partial charge in [0.05, 0.1) is 30.9 Å². The Labute approximate surface area is 204 Å². The van der Waals surface area contributed by atoms with E-state index in [1.165, 1.54) is 32.4 Å². The molecule has 1 aromatic carbocycles. The summed E-state index contributed by atoms with van der Waals surface area (Å²) in [5.41, 5.74) is 0.460. The van der Waals surface area contributed by atoms with Gasteiger partial charge < -0.3 is 29.1 Å². The molecule has 1 aliphatic rings. The van der Waals surface area contributed by atoms with E-state index in [1.54, 1.807) is 31.2 Å². The molecule has 35 heavy (non-hydrogen) atoms. The van der Waals surface area contributed by atoms with Gasteiger partial charge in [-0.1, -0.05) is 0 Å². The van der Waals surface area contributed by atoms with Gasteiger partial charge in [0.15, 0.2) is 11.6 Å². The van der Waals surface area contributed by atoms with Crippen molar-refractivity contribution < 1.29 is 37.0 Å². The van der Waals surface area contributed by atoms with Gasteiger partial charge in [-0.2, -0.15) is 0 Å². The predicted molar refractivity (Wildman–Crippen MR) is 126 cm³/mol. The number of benzene rings is 1. The van der Waals surface area contributed by atoms with Crippen molar-refractivity contribution in [3.8, 4) is 17.2 Å². The molecule has 1 aliphatic heterocycles. The molecule has 1 fully saturated rings. The molecule has 192 valence electrons. The van der Waals surface area contributed by atoms with Crippen molar-refractivity contribution in [3.63, 3.8) is 0 Å². The van der Waals surface area contributed by atoms with Crippen LogP contribution in [0.4, 0.5) is 16.3 Å². The third kappa shape index (κ3) is 7.10. The van der Waals surface area contributed by atoms with Gasteiger partial charge in [-0.05, 0) is 26.0 Å². The number of anilines is 2. The molecule has 0 spiro atoms. The van der Waals surface area contributed by atoms with E-state index in [4.69, 9.17) is 28.9 Å². The molecular weight excluding hydrogens is 480 g/mol. The van der Waals surface area contributed by atoms with E-state index >= 15 is 0 Å². The zero-order valence-electron chi connectivity index (χ0n) is 20.0. The molecule has 3 N–H and O–H groups in total. The summed E-state index contributed by atoms with van der Waals surface area (Å²) in [5.74, 6) is 1.45. The van der Waals surface area contributed by atoms with Gasteiger partial charge in [-0.3, -0.25) is 0 Å². The number of hydrogen-bond donors (Lipinski definition) is 2. The second-order valence-corrected chi connectivity index (χ2v) is 9.54. The zero-order chi connectivity index (χ0) is 25.6. The average molecular weight is 511 g/mol. The van der Waals surface area contributed by atoms with Gasteiger partial charge in [-0.25, -0.2) is 23.3 Å². The highest BCUT2D eigenvalue weighted by atomic mass is 32.2. The van der Waals surface area contributed by atoms with E-state index in [9.17, 15) is 13.2 Å². The number of rotatable bonds is 9. The summed E-state index contributed by atoms with van der Waals surface area (Å²) in [6, 6.07) is 5.89. The molecule has 1 saturated heterocycles. The summed E-state index contributed by atoms with van der Waals surface area (Å²) in [5, 5.41) is 9.84. The number of piperidine rings is 1. The van der Waals surface area contributed by atoms with E-state index < -0.39 is 16.2 Å². The quantitative estimate of drug-likeness (QED) is 0.479. The Bertz CT molecular complexity index is 1130. The number of methoxy groups -OCH3 is 2. The first-order chi connectivity index (χ1) is 16.6. The maximum Gasteiger partial charge on any atom is 0.528 e. The molecule has 0 bridgehead atoms. The van der Waals surface area contributed by atoms with Crippen molar-refractivity contribution in [3.05, 3.63) is 30.5 Å². The number of primary sulfonamides is 1. The zero-order valence-corrected chi connectivity index (χ0v) is 20.8. The van der Waals surface area contributed by atoms with Crippen LogP contribution >= 0.6 is 0 Å². The molecule has 0 saturated carbocycles. The van der Waals surface area contributed by atoms with Crippen LogP contribution in [0.3, 0.4) is 0 Å². The predicted octanol–water partition coefficient (Wildman–Crippen LogP) is 2.81. The van der Waals surface area contributed by atoms with Gasteiger partial charge >= 0.3 is 6.16 Å². The Kier molecular flexibility index (Phi) is 8.59. The summed E-state index contributed by atoms with van der Waals surface area (Å²) in [6.45, 7) is 4.48. The molecule has 0 radical (unpaired) electrons. The minimum atomic E-state index is -3.88. The monoisotopic (exact) mass is 510 g/mol. The largest absolute Gasteiger partial charge is 0.528 e. The van der Waals surface area contributed by atoms with Gasteiger partial charge in [0.1, 0.15) is 11.9 Å². The molecule has 0 aliphatic carbocycles. The number of carbonyl (C=O) groups excluding carboxylic acids is 1. The first-order valence-corrected chi connectivity index (χ1v) is 12.5. The summed E-state index contributed by atoms with van der Waals surface area (Å²) in [4.78, 5) is 21.1. The molecule has 2 heterocycles. The minimum absolute atomic E-state index is 0.0790. The lowest BCUT2D eigenvalue weighted by atomic mass is 10.1. The summed E-state index contributed by atoms with van der Waals surface area (Å²) >= 11 is 0. The van der Waals surface area contributed by atoms with Gasteiger partial charge in [0.2, 0.25) is 15.8 Å². The Morgan fingerprint density at radius 1 is 1.14 bits per heavy atom. The molecule has 2 aromatic rings. The van der Waals surface area contributed by atoms with E-state index in [0.29, 0.717) is 48.9 Å². The molecule has 13 heteroatoms. The Morgan fingerprint density at radius 2 is 1.86 bits per heavy atom. The van der Waals surface area contributed by atoms with E-state index in [1.807, 2.05) is 0 Å². The minimum Gasteiger partial charge on any atom is -0.495 e. The number of aromatic nitrogens is 1. The first-order valence-electron chi connectivity index (χ1n) is 10.9. The maximum absolute atomic E-state index is 11.7. The molecule has 0 amide bonds. The van der Waals surface area contributed by atoms with Crippen molar-refractivity contribution in [2.45, 2.75) is 43.8 Å². The number of pyridine rings is 1. The van der Waals surface area contributed by atoms with E-state index in [2.05, 4.69) is 10.3 Å². The fraction of sp³-hybridized carbons (Fsp3) is 0.455. The van der Waals surface area contributed by atoms with Gasteiger partial charge in [0.25, 0.3) is 0 Å². The van der Waals surface area contributed by atoms with E-state index in [-0.39, 0.29) is 22.9 Å². The normalized spacial score (nSPS) is 14.9. The van der Waals surface area contributed by atoms with Crippen LogP contribution in [0.2, 0.25) is 0 Å². The number of ether oxygens (including phenoxy) is 4. The molecule has 12 nitrogen and oxygen atoms in total. The van der Waals surface area contributed by atoms with Crippen LogP contribution in [0.15, 0.2) is 35.4 Å². The van der Waals surface area contributed by atoms with E-state index in [0.717, 1.165) is 0 Å². The third-order valence-corrected chi connectivity index (χ3v) is 5.97. The van der Waals surface area contributed by atoms with Crippen LogP contribution in [0.5, 0.6) is 17.2 Å². The number of hydroxylamine groups is 2. The van der Waals surface area contributed by atoms with Crippen molar-refractivity contribution in [1.82, 2.24) is 10.0 Å². The second-order valence-electron chi connectivity index (χ2n) is 7.98. The summed E-state index contributed by atoms with van der Waals surface area (Å²) in [7, 11) is -0.977. The number of nitrogens with zero attached hydrogens (tertiary/aromatic N) is 2. The van der Waals surface area contributed by atoms with Crippen molar-refractivity contribution >= 4 is 27.7 Å². The second kappa shape index (κ2) is 11.4. The van der Waals surface area contributed by atoms with Crippen LogP contribution in [-0.2, 0) is 19.6 Å². The number of hydrogen-bond acceptors (Lipinski definition) is 11. The lowest BCUT2D eigenvalue weighted by Crippen LogP contribution is -2.39. The van der Waals surface area contributed by atoms with Crippen LogP contribution in [0, 0.1) is 0 Å². The Morgan fingerprint density at radius 3 is 2.46 bits per heavy atom. The average Bonchev–Trinajstić information content (AvgIpc) is 2.79. The highest BCUT2D eigenvalue weighted by Gasteiger charge is 2.26. The van der Waals surface area contributed by atoms with Crippen LogP contribution < -0.4 is 24.7 Å². The fourth-order valence-electron chi connectivity index (χ4n) is 3.43. The third-order valence-electron chi connectivity index (χ3n) is 5.06. The molecule has 3 rings (SSSR count). The van der Waals surface area contributed by atoms with Crippen molar-refractivity contribution in [2.24, 2.45) is 5.14 Å². The molecular formula is C22H30N4O8S. The number of carbonyl (C=O) groups is 1. The smallest absolute Gasteiger partial charge is 0.495 e. The molecule has 0 unspecified atom stereocenters. The first kappa shape index (κ1) is 26.3. The Hall–Kier alpha value is -3.29. The van der Waals surface area contributed by atoms with Crippen molar-refractivity contribution in [1.29, 1.82) is 0 Å². The van der Waals surface area contributed by atoms with Crippen molar-refractivity contribution in [2.75, 3.05) is 32.6 Å².